The zero-order chi connectivity index (χ0) is 23.6. The number of rotatable bonds is 7. The van der Waals surface area contributed by atoms with E-state index < -0.39 is 14.9 Å². The molecule has 178 valence electrons. The molecule has 0 N–H and O–H groups in total. The molecule has 2 aliphatic heterocycles. The summed E-state index contributed by atoms with van der Waals surface area (Å²) in [6.07, 6.45) is 2.29. The third-order valence-electron chi connectivity index (χ3n) is 5.64. The summed E-state index contributed by atoms with van der Waals surface area (Å²) in [7, 11) is -3.96. The summed E-state index contributed by atoms with van der Waals surface area (Å²) in [4.78, 5) is 13.9. The minimum absolute atomic E-state index is 0.0922. The van der Waals surface area contributed by atoms with Gasteiger partial charge < -0.3 is 4.74 Å². The van der Waals surface area contributed by atoms with Crippen LogP contribution in [0.15, 0.2) is 51.1 Å². The van der Waals surface area contributed by atoms with E-state index in [0.29, 0.717) is 46.0 Å². The van der Waals surface area contributed by atoms with Crippen molar-refractivity contribution in [2.24, 2.45) is 0 Å². The monoisotopic (exact) mass is 531 g/mol. The van der Waals surface area contributed by atoms with Crippen LogP contribution in [0.25, 0.3) is 0 Å². The number of nitrogens with zero attached hydrogens (tertiary/aromatic N) is 3. The molecule has 4 rings (SSSR count). The van der Waals surface area contributed by atoms with Gasteiger partial charge in [-0.25, -0.2) is 8.42 Å². The van der Waals surface area contributed by atoms with E-state index in [0.717, 1.165) is 43.8 Å². The van der Waals surface area contributed by atoms with Gasteiger partial charge in [-0.05, 0) is 37.1 Å². The van der Waals surface area contributed by atoms with Crippen molar-refractivity contribution in [3.63, 3.8) is 0 Å². The van der Waals surface area contributed by atoms with Gasteiger partial charge in [-0.3, -0.25) is 15.0 Å². The molecule has 0 aliphatic carbocycles. The lowest BCUT2D eigenvalue weighted by Crippen LogP contribution is -2.50. The highest BCUT2D eigenvalue weighted by Crippen LogP contribution is 2.38. The minimum atomic E-state index is -3.96. The summed E-state index contributed by atoms with van der Waals surface area (Å²) < 4.78 is 34.2. The number of nitro groups is 1. The molecule has 1 unspecified atom stereocenters. The molecule has 12 heteroatoms. The molecular formula is C21H23Cl2N3O5S2. The number of benzene rings is 2. The van der Waals surface area contributed by atoms with Crippen LogP contribution < -0.4 is 0 Å². The van der Waals surface area contributed by atoms with Gasteiger partial charge in [-0.1, -0.05) is 35.0 Å². The number of non-ortho nitro benzene ring substituents is 1. The zero-order valence-electron chi connectivity index (χ0n) is 17.7. The van der Waals surface area contributed by atoms with Crippen LogP contribution in [0.3, 0.4) is 0 Å². The summed E-state index contributed by atoms with van der Waals surface area (Å²) >= 11 is 13.3. The van der Waals surface area contributed by atoms with Gasteiger partial charge in [0.2, 0.25) is 10.0 Å². The normalized spacial score (nSPS) is 20.2. The third-order valence-corrected chi connectivity index (χ3v) is 9.19. The number of hydrogen-bond donors (Lipinski definition) is 0. The molecule has 1 atom stereocenters. The first-order valence-corrected chi connectivity index (χ1v) is 13.5. The molecule has 2 fully saturated rings. The molecule has 2 aromatic carbocycles. The molecule has 0 amide bonds. The van der Waals surface area contributed by atoms with Gasteiger partial charge in [-0.2, -0.15) is 4.31 Å². The Balaban J connectivity index is 1.57. The van der Waals surface area contributed by atoms with Crippen LogP contribution in [0, 0.1) is 10.1 Å². The van der Waals surface area contributed by atoms with Crippen LogP contribution in [0.4, 0.5) is 5.69 Å². The third kappa shape index (κ3) is 6.00. The van der Waals surface area contributed by atoms with Gasteiger partial charge in [-0.15, -0.1) is 0 Å². The van der Waals surface area contributed by atoms with Crippen LogP contribution in [0.1, 0.15) is 12.8 Å². The Morgan fingerprint density at radius 1 is 1.09 bits per heavy atom. The summed E-state index contributed by atoms with van der Waals surface area (Å²) in [5.74, 6) is 0. The lowest BCUT2D eigenvalue weighted by atomic mass is 10.2. The first-order valence-electron chi connectivity index (χ1n) is 10.5. The molecule has 8 nitrogen and oxygen atoms in total. The number of piperazine rings is 1. The molecule has 2 aliphatic rings. The molecule has 0 radical (unpaired) electrons. The summed E-state index contributed by atoms with van der Waals surface area (Å²) in [6, 6.07) is 8.80. The maximum absolute atomic E-state index is 13.6. The second kappa shape index (κ2) is 10.5. The molecule has 2 aromatic rings. The minimum Gasteiger partial charge on any atom is -0.377 e. The molecule has 2 heterocycles. The lowest BCUT2D eigenvalue weighted by Gasteiger charge is -2.35. The predicted molar refractivity (Wildman–Crippen MR) is 128 cm³/mol. The van der Waals surface area contributed by atoms with Crippen molar-refractivity contribution in [2.75, 3.05) is 39.3 Å². The summed E-state index contributed by atoms with van der Waals surface area (Å²) in [5, 5.41) is 12.2. The van der Waals surface area contributed by atoms with Crippen molar-refractivity contribution >= 4 is 50.7 Å². The Labute approximate surface area is 207 Å². The summed E-state index contributed by atoms with van der Waals surface area (Å²) in [5.41, 5.74) is -0.279. The Morgan fingerprint density at radius 3 is 2.39 bits per heavy atom. The van der Waals surface area contributed by atoms with Gasteiger partial charge >= 0.3 is 0 Å². The fourth-order valence-electron chi connectivity index (χ4n) is 3.98. The topological polar surface area (TPSA) is 93.0 Å². The number of nitro benzene ring substituents is 1. The SMILES string of the molecule is O=[N+]([O-])c1ccc(Sc2cc(Cl)cc(Cl)c2)c(S(=O)(=O)N2CCN(CC3CCCO3)CC2)c1. The second-order valence-corrected chi connectivity index (χ2v) is 11.8. The summed E-state index contributed by atoms with van der Waals surface area (Å²) in [6.45, 7) is 3.36. The van der Waals surface area contributed by atoms with Crippen molar-refractivity contribution in [1.82, 2.24) is 9.21 Å². The fourth-order valence-corrected chi connectivity index (χ4v) is 7.51. The fraction of sp³-hybridized carbons (Fsp3) is 0.429. The van der Waals surface area contributed by atoms with Gasteiger partial charge in [0.25, 0.3) is 5.69 Å². The molecule has 0 bridgehead atoms. The highest BCUT2D eigenvalue weighted by molar-refractivity contribution is 8.00. The maximum Gasteiger partial charge on any atom is 0.270 e. The first-order chi connectivity index (χ1) is 15.7. The largest absolute Gasteiger partial charge is 0.377 e. The van der Waals surface area contributed by atoms with Crippen LogP contribution >= 0.6 is 35.0 Å². The quantitative estimate of drug-likeness (QED) is 0.382. The van der Waals surface area contributed by atoms with Gasteiger partial charge in [0.15, 0.2) is 0 Å². The Hall–Kier alpha value is -1.40. The van der Waals surface area contributed by atoms with E-state index in [2.05, 4.69) is 4.90 Å². The van der Waals surface area contributed by atoms with E-state index in [-0.39, 0.29) is 16.7 Å². The molecule has 2 saturated heterocycles. The number of sulfonamides is 1. The van der Waals surface area contributed by atoms with E-state index in [1.54, 1.807) is 18.2 Å². The Bertz CT molecular complexity index is 1110. The average Bonchev–Trinajstić information content (AvgIpc) is 3.26. The van der Waals surface area contributed by atoms with Gasteiger partial charge in [0.1, 0.15) is 4.90 Å². The predicted octanol–water partition coefficient (Wildman–Crippen LogP) is 4.54. The Kier molecular flexibility index (Phi) is 7.84. The van der Waals surface area contributed by atoms with Crippen molar-refractivity contribution in [2.45, 2.75) is 33.6 Å². The molecule has 0 saturated carbocycles. The Morgan fingerprint density at radius 2 is 1.79 bits per heavy atom. The molecular weight excluding hydrogens is 509 g/mol. The van der Waals surface area contributed by atoms with Crippen LogP contribution in [-0.4, -0.2) is 68.0 Å². The zero-order valence-corrected chi connectivity index (χ0v) is 20.8. The van der Waals surface area contributed by atoms with Crippen LogP contribution in [0.2, 0.25) is 10.0 Å². The van der Waals surface area contributed by atoms with E-state index in [4.69, 9.17) is 27.9 Å². The highest BCUT2D eigenvalue weighted by atomic mass is 35.5. The first kappa shape index (κ1) is 24.7. The highest BCUT2D eigenvalue weighted by Gasteiger charge is 2.33. The lowest BCUT2D eigenvalue weighted by molar-refractivity contribution is -0.385. The number of hydrogen-bond acceptors (Lipinski definition) is 7. The van der Waals surface area contributed by atoms with Crippen LogP contribution in [-0.2, 0) is 14.8 Å². The molecule has 0 spiro atoms. The van der Waals surface area contributed by atoms with E-state index in [9.17, 15) is 18.5 Å². The second-order valence-electron chi connectivity index (χ2n) is 7.94. The van der Waals surface area contributed by atoms with Crippen molar-refractivity contribution in [1.29, 1.82) is 0 Å². The van der Waals surface area contributed by atoms with Crippen molar-refractivity contribution < 1.29 is 18.1 Å². The van der Waals surface area contributed by atoms with Gasteiger partial charge in [0.05, 0.1) is 11.0 Å². The van der Waals surface area contributed by atoms with Crippen molar-refractivity contribution in [3.8, 4) is 0 Å². The molecule has 33 heavy (non-hydrogen) atoms. The average molecular weight is 532 g/mol. The van der Waals surface area contributed by atoms with E-state index >= 15 is 0 Å². The van der Waals surface area contributed by atoms with Crippen molar-refractivity contribution in [3.05, 3.63) is 56.6 Å². The maximum atomic E-state index is 13.6. The van der Waals surface area contributed by atoms with Gasteiger partial charge in [0, 0.05) is 71.3 Å². The standard InChI is InChI=1S/C21H23Cl2N3O5S2/c22-15-10-16(23)12-19(11-15)32-20-4-3-17(26(27)28)13-21(20)33(29,30)25-7-5-24(6-8-25)14-18-2-1-9-31-18/h3-4,10-13,18H,1-2,5-9,14H2. The smallest absolute Gasteiger partial charge is 0.270 e. The van der Waals surface area contributed by atoms with E-state index in [1.165, 1.54) is 16.4 Å². The van der Waals surface area contributed by atoms with E-state index in [1.807, 2.05) is 0 Å². The van der Waals surface area contributed by atoms with Crippen LogP contribution in [0.5, 0.6) is 0 Å². The number of halogens is 2. The number of ether oxygens (including phenoxy) is 1. The molecule has 0 aromatic heterocycles.